The summed E-state index contributed by atoms with van der Waals surface area (Å²) in [5.74, 6) is -0.723. The summed E-state index contributed by atoms with van der Waals surface area (Å²) in [6, 6.07) is 1.73. The molecule has 0 saturated heterocycles. The minimum absolute atomic E-state index is 0.130. The van der Waals surface area contributed by atoms with E-state index >= 15 is 0 Å². The van der Waals surface area contributed by atoms with E-state index in [0.717, 1.165) is 22.2 Å². The molecule has 152 valence electrons. The molecule has 2 N–H and O–H groups in total. The molecular weight excluding hydrogens is 417 g/mol. The van der Waals surface area contributed by atoms with Gasteiger partial charge < -0.3 is 15.0 Å². The molecule has 10 heteroatoms. The van der Waals surface area contributed by atoms with Gasteiger partial charge in [0.1, 0.15) is 5.69 Å². The fourth-order valence-corrected chi connectivity index (χ4v) is 4.16. The average molecular weight is 436 g/mol. The second kappa shape index (κ2) is 7.68. The second-order valence-corrected chi connectivity index (χ2v) is 7.68. The molecule has 29 heavy (non-hydrogen) atoms. The molecule has 0 fully saturated rings. The van der Waals surface area contributed by atoms with Crippen LogP contribution in [-0.4, -0.2) is 45.0 Å². The molecule has 3 heterocycles. The number of H-pyrrole nitrogens is 1. The van der Waals surface area contributed by atoms with Crippen LogP contribution >= 0.6 is 23.2 Å². The molecule has 3 aromatic rings. The number of nitrogens with zero attached hydrogens (tertiary/aromatic N) is 3. The molecule has 8 nitrogen and oxygen atoms in total. The van der Waals surface area contributed by atoms with Crippen molar-refractivity contribution in [2.45, 2.75) is 25.7 Å². The van der Waals surface area contributed by atoms with Crippen LogP contribution in [0.2, 0.25) is 10.0 Å². The van der Waals surface area contributed by atoms with Crippen LogP contribution in [0.5, 0.6) is 0 Å². The number of hydrogen-bond donors (Lipinski definition) is 2. The molecule has 1 aliphatic rings. The highest BCUT2D eigenvalue weighted by atomic mass is 35.5. The number of esters is 1. The first kappa shape index (κ1) is 19.7. The smallest absolute Gasteiger partial charge is 0.306 e. The van der Waals surface area contributed by atoms with Gasteiger partial charge in [-0.15, -0.1) is 0 Å². The van der Waals surface area contributed by atoms with Crippen molar-refractivity contribution in [3.8, 4) is 11.3 Å². The van der Waals surface area contributed by atoms with E-state index in [4.69, 9.17) is 27.9 Å². The van der Waals surface area contributed by atoms with Crippen molar-refractivity contribution in [3.05, 3.63) is 33.6 Å². The largest absolute Gasteiger partial charge is 0.466 e. The van der Waals surface area contributed by atoms with Crippen LogP contribution in [-0.2, 0) is 27.8 Å². The molecule has 1 aromatic carbocycles. The fourth-order valence-electron chi connectivity index (χ4n) is 3.76. The first-order valence-corrected chi connectivity index (χ1v) is 9.96. The molecule has 1 aliphatic heterocycles. The third kappa shape index (κ3) is 3.58. The van der Waals surface area contributed by atoms with E-state index in [1.165, 1.54) is 4.80 Å². The van der Waals surface area contributed by atoms with Gasteiger partial charge in [0.25, 0.3) is 0 Å². The Bertz CT molecular complexity index is 1120. The monoisotopic (exact) mass is 435 g/mol. The maximum atomic E-state index is 12.4. The van der Waals surface area contributed by atoms with Crippen LogP contribution in [0.25, 0.3) is 22.2 Å². The van der Waals surface area contributed by atoms with Crippen molar-refractivity contribution in [2.24, 2.45) is 7.05 Å². The van der Waals surface area contributed by atoms with Gasteiger partial charge in [-0.2, -0.15) is 15.0 Å². The molecule has 4 rings (SSSR count). The highest BCUT2D eigenvalue weighted by Crippen LogP contribution is 2.42. The number of amides is 1. The Morgan fingerprint density at radius 2 is 2.21 bits per heavy atom. The molecular formula is C19H19Cl2N5O3. The van der Waals surface area contributed by atoms with Gasteiger partial charge in [-0.25, -0.2) is 0 Å². The lowest BCUT2D eigenvalue weighted by atomic mass is 9.95. The van der Waals surface area contributed by atoms with Crippen molar-refractivity contribution in [3.63, 3.8) is 0 Å². The number of aryl methyl sites for hydroxylation is 1. The number of carbonyl (C=O) groups is 2. The Kier molecular flexibility index (Phi) is 5.23. The third-order valence-electron chi connectivity index (χ3n) is 4.99. The van der Waals surface area contributed by atoms with Crippen molar-refractivity contribution < 1.29 is 14.3 Å². The van der Waals surface area contributed by atoms with Crippen molar-refractivity contribution in [1.29, 1.82) is 0 Å². The van der Waals surface area contributed by atoms with E-state index < -0.39 is 0 Å². The van der Waals surface area contributed by atoms with E-state index in [1.54, 1.807) is 26.2 Å². The van der Waals surface area contributed by atoms with E-state index in [-0.39, 0.29) is 30.6 Å². The van der Waals surface area contributed by atoms with Gasteiger partial charge in [0.05, 0.1) is 41.2 Å². The van der Waals surface area contributed by atoms with Gasteiger partial charge in [0, 0.05) is 36.2 Å². The second-order valence-electron chi connectivity index (χ2n) is 6.89. The number of aromatic amines is 1. The van der Waals surface area contributed by atoms with Gasteiger partial charge in [-0.1, -0.05) is 23.2 Å². The SMILES string of the molecule is CCOC(=O)CC1CNC(=O)Cc2c1[nH]c1c(Cl)c(Cl)cc(-c3cnn(C)n3)c21. The van der Waals surface area contributed by atoms with E-state index in [1.807, 2.05) is 0 Å². The molecule has 1 unspecified atom stereocenters. The number of aromatic nitrogens is 4. The predicted octanol–water partition coefficient (Wildman–Crippen LogP) is 2.98. The number of rotatable bonds is 4. The molecule has 0 saturated carbocycles. The highest BCUT2D eigenvalue weighted by molar-refractivity contribution is 6.45. The maximum Gasteiger partial charge on any atom is 0.306 e. The van der Waals surface area contributed by atoms with Crippen LogP contribution in [0, 0.1) is 0 Å². The number of ether oxygens (including phenoxy) is 1. The minimum atomic E-state index is -0.323. The van der Waals surface area contributed by atoms with E-state index in [0.29, 0.717) is 34.4 Å². The molecule has 2 aromatic heterocycles. The number of carbonyl (C=O) groups excluding carboxylic acids is 2. The zero-order chi connectivity index (χ0) is 20.7. The van der Waals surface area contributed by atoms with Crippen LogP contribution in [0.1, 0.15) is 30.5 Å². The molecule has 1 atom stereocenters. The normalized spacial score (nSPS) is 16.4. The van der Waals surface area contributed by atoms with Gasteiger partial charge in [0.15, 0.2) is 0 Å². The minimum Gasteiger partial charge on any atom is -0.466 e. The number of fused-ring (bicyclic) bond motifs is 3. The lowest BCUT2D eigenvalue weighted by molar-refractivity contribution is -0.143. The van der Waals surface area contributed by atoms with Gasteiger partial charge in [0.2, 0.25) is 5.91 Å². The van der Waals surface area contributed by atoms with Crippen LogP contribution in [0.4, 0.5) is 0 Å². The van der Waals surface area contributed by atoms with Crippen molar-refractivity contribution in [1.82, 2.24) is 25.3 Å². The Morgan fingerprint density at radius 3 is 2.90 bits per heavy atom. The van der Waals surface area contributed by atoms with Crippen molar-refractivity contribution in [2.75, 3.05) is 13.2 Å². The zero-order valence-electron chi connectivity index (χ0n) is 15.9. The van der Waals surface area contributed by atoms with Crippen LogP contribution < -0.4 is 5.32 Å². The van der Waals surface area contributed by atoms with Crippen LogP contribution in [0.3, 0.4) is 0 Å². The van der Waals surface area contributed by atoms with Crippen LogP contribution in [0.15, 0.2) is 12.3 Å². The Hall–Kier alpha value is -2.58. The third-order valence-corrected chi connectivity index (χ3v) is 5.78. The number of benzene rings is 1. The van der Waals surface area contributed by atoms with Crippen molar-refractivity contribution >= 4 is 46.0 Å². The summed E-state index contributed by atoms with van der Waals surface area (Å²) in [6.45, 7) is 2.38. The summed E-state index contributed by atoms with van der Waals surface area (Å²) in [5, 5.41) is 12.9. The number of halogens is 2. The number of nitrogens with one attached hydrogen (secondary N) is 2. The molecule has 0 bridgehead atoms. The summed E-state index contributed by atoms with van der Waals surface area (Å²) >= 11 is 12.9. The standard InChI is InChI=1S/C19H19Cl2N5O3/c1-3-29-15(28)4-9-7-22-14(27)6-11-16-10(13-8-23-26(2)25-13)5-12(20)17(21)19(16)24-18(9)11/h5,8-9,24H,3-4,6-7H2,1-2H3,(H,22,27). The molecule has 1 amide bonds. The van der Waals surface area contributed by atoms with Gasteiger partial charge in [-0.05, 0) is 18.6 Å². The highest BCUT2D eigenvalue weighted by Gasteiger charge is 2.30. The lowest BCUT2D eigenvalue weighted by Gasteiger charge is -2.14. The fraction of sp³-hybridized carbons (Fsp3) is 0.368. The first-order valence-electron chi connectivity index (χ1n) is 9.20. The molecule has 0 spiro atoms. The topological polar surface area (TPSA) is 102 Å². The Balaban J connectivity index is 1.95. The van der Waals surface area contributed by atoms with E-state index in [2.05, 4.69) is 20.5 Å². The average Bonchev–Trinajstić information content (AvgIpc) is 3.23. The summed E-state index contributed by atoms with van der Waals surface area (Å²) in [4.78, 5) is 29.3. The summed E-state index contributed by atoms with van der Waals surface area (Å²) in [7, 11) is 1.72. The molecule has 0 radical (unpaired) electrons. The maximum absolute atomic E-state index is 12.4. The Labute approximate surface area is 176 Å². The lowest BCUT2D eigenvalue weighted by Crippen LogP contribution is -2.27. The predicted molar refractivity (Wildman–Crippen MR) is 109 cm³/mol. The summed E-state index contributed by atoms with van der Waals surface area (Å²) < 4.78 is 5.11. The first-order chi connectivity index (χ1) is 13.9. The summed E-state index contributed by atoms with van der Waals surface area (Å²) in [6.07, 6.45) is 1.92. The summed E-state index contributed by atoms with van der Waals surface area (Å²) in [5.41, 5.74) is 3.52. The Morgan fingerprint density at radius 1 is 1.41 bits per heavy atom. The molecule has 0 aliphatic carbocycles. The number of hydrogen-bond acceptors (Lipinski definition) is 5. The van der Waals surface area contributed by atoms with Gasteiger partial charge in [-0.3, -0.25) is 9.59 Å². The van der Waals surface area contributed by atoms with Gasteiger partial charge >= 0.3 is 5.97 Å². The quantitative estimate of drug-likeness (QED) is 0.613. The van der Waals surface area contributed by atoms with E-state index in [9.17, 15) is 9.59 Å². The zero-order valence-corrected chi connectivity index (χ0v) is 17.4.